The van der Waals surface area contributed by atoms with Gasteiger partial charge in [-0.2, -0.15) is 13.9 Å². The Hall–Kier alpha value is -3.48. The molecule has 0 spiro atoms. The normalized spacial score (nSPS) is 12.1. The van der Waals surface area contributed by atoms with Gasteiger partial charge < -0.3 is 9.72 Å². The third kappa shape index (κ3) is 3.44. The number of nitrogens with one attached hydrogen (secondary N) is 2. The van der Waals surface area contributed by atoms with E-state index < -0.39 is 6.61 Å². The van der Waals surface area contributed by atoms with Gasteiger partial charge in [0.1, 0.15) is 5.75 Å². The lowest BCUT2D eigenvalue weighted by atomic mass is 10.0. The molecule has 0 saturated carbocycles. The molecule has 27 heavy (non-hydrogen) atoms. The molecule has 4 aromatic rings. The summed E-state index contributed by atoms with van der Waals surface area (Å²) in [5.41, 5.74) is 5.50. The number of anilines is 1. The molecular formula is C20H16F2N4O. The number of halogens is 2. The molecule has 0 aliphatic carbocycles. The number of aromatic nitrogens is 2. The predicted molar refractivity (Wildman–Crippen MR) is 103 cm³/mol. The number of hydrogen-bond acceptors (Lipinski definition) is 4. The van der Waals surface area contributed by atoms with Crippen LogP contribution < -0.4 is 10.2 Å². The fourth-order valence-electron chi connectivity index (χ4n) is 2.95. The van der Waals surface area contributed by atoms with Gasteiger partial charge in [0.15, 0.2) is 0 Å². The van der Waals surface area contributed by atoms with Crippen molar-refractivity contribution < 1.29 is 13.5 Å². The maximum Gasteiger partial charge on any atom is 0.387 e. The van der Waals surface area contributed by atoms with E-state index in [1.165, 1.54) is 0 Å². The minimum absolute atomic E-state index is 0.107. The van der Waals surface area contributed by atoms with E-state index in [1.54, 1.807) is 25.1 Å². The molecule has 0 atom stereocenters. The second-order valence-corrected chi connectivity index (χ2v) is 5.95. The monoisotopic (exact) mass is 366 g/mol. The van der Waals surface area contributed by atoms with Crippen molar-refractivity contribution in [1.29, 1.82) is 0 Å². The number of aromatic amines is 1. The van der Waals surface area contributed by atoms with Crippen LogP contribution in [0.4, 0.5) is 14.7 Å². The summed E-state index contributed by atoms with van der Waals surface area (Å²) in [6.45, 7) is -1.20. The fourth-order valence-corrected chi connectivity index (χ4v) is 2.95. The van der Waals surface area contributed by atoms with Crippen LogP contribution in [0, 0.1) is 0 Å². The smallest absolute Gasteiger partial charge is 0.387 e. The first-order valence-electron chi connectivity index (χ1n) is 8.34. The number of hydrazone groups is 1. The average molecular weight is 366 g/mol. The quantitative estimate of drug-likeness (QED) is 0.379. The van der Waals surface area contributed by atoms with E-state index in [2.05, 4.69) is 20.5 Å². The highest BCUT2D eigenvalue weighted by molar-refractivity contribution is 6.06. The summed E-state index contributed by atoms with van der Waals surface area (Å²) in [6, 6.07) is 18.4. The summed E-state index contributed by atoms with van der Waals surface area (Å²) in [7, 11) is 0. The molecule has 0 radical (unpaired) electrons. The largest absolute Gasteiger partial charge is 0.433 e. The van der Waals surface area contributed by atoms with Crippen LogP contribution >= 0.6 is 0 Å². The number of ether oxygens (including phenoxy) is 1. The third-order valence-electron chi connectivity index (χ3n) is 4.20. The molecule has 0 unspecified atom stereocenters. The van der Waals surface area contributed by atoms with Crippen molar-refractivity contribution in [2.45, 2.75) is 13.5 Å². The van der Waals surface area contributed by atoms with Crippen LogP contribution in [-0.4, -0.2) is 22.3 Å². The van der Waals surface area contributed by atoms with Crippen molar-refractivity contribution in [3.05, 3.63) is 66.2 Å². The van der Waals surface area contributed by atoms with Gasteiger partial charge in [-0.15, -0.1) is 0 Å². The summed E-state index contributed by atoms with van der Waals surface area (Å²) < 4.78 is 30.8. The summed E-state index contributed by atoms with van der Waals surface area (Å²) in [4.78, 5) is 7.47. The van der Waals surface area contributed by atoms with Gasteiger partial charge in [-0.25, -0.2) is 10.4 Å². The molecule has 3 aromatic carbocycles. The van der Waals surface area contributed by atoms with E-state index in [1.807, 2.05) is 42.5 Å². The van der Waals surface area contributed by atoms with E-state index >= 15 is 0 Å². The first-order chi connectivity index (χ1) is 13.1. The topological polar surface area (TPSA) is 62.3 Å². The molecule has 5 nitrogen and oxygen atoms in total. The van der Waals surface area contributed by atoms with Crippen LogP contribution in [0.25, 0.3) is 21.8 Å². The molecule has 4 rings (SSSR count). The van der Waals surface area contributed by atoms with E-state index in [4.69, 9.17) is 4.74 Å². The Balaban J connectivity index is 1.70. The van der Waals surface area contributed by atoms with Crippen molar-refractivity contribution in [2.75, 3.05) is 5.43 Å². The first-order valence-corrected chi connectivity index (χ1v) is 8.34. The van der Waals surface area contributed by atoms with Gasteiger partial charge in [-0.3, -0.25) is 0 Å². The number of para-hydroxylation sites is 2. The zero-order chi connectivity index (χ0) is 18.8. The van der Waals surface area contributed by atoms with Crippen LogP contribution in [0.5, 0.6) is 5.75 Å². The van der Waals surface area contributed by atoms with Crippen molar-refractivity contribution in [3.63, 3.8) is 0 Å². The number of rotatable bonds is 5. The van der Waals surface area contributed by atoms with E-state index in [9.17, 15) is 8.78 Å². The summed E-state index contributed by atoms with van der Waals surface area (Å²) in [6.07, 6.45) is 0. The molecule has 0 bridgehead atoms. The highest BCUT2D eigenvalue weighted by Gasteiger charge is 2.15. The van der Waals surface area contributed by atoms with Gasteiger partial charge in [0.2, 0.25) is 5.95 Å². The van der Waals surface area contributed by atoms with Crippen LogP contribution in [-0.2, 0) is 0 Å². The Labute approximate surface area is 153 Å². The molecule has 0 saturated heterocycles. The van der Waals surface area contributed by atoms with E-state index in [-0.39, 0.29) is 5.75 Å². The van der Waals surface area contributed by atoms with Crippen LogP contribution in [0.3, 0.4) is 0 Å². The highest BCUT2D eigenvalue weighted by Crippen LogP contribution is 2.31. The number of hydrogen-bond donors (Lipinski definition) is 2. The lowest BCUT2D eigenvalue weighted by Crippen LogP contribution is -2.09. The van der Waals surface area contributed by atoms with Gasteiger partial charge >= 0.3 is 6.61 Å². The summed E-state index contributed by atoms with van der Waals surface area (Å²) in [5, 5.41) is 5.70. The van der Waals surface area contributed by atoms with E-state index in [0.29, 0.717) is 22.6 Å². The molecule has 7 heteroatoms. The number of fused-ring (bicyclic) bond motifs is 2. The number of nitrogens with zero attached hydrogens (tertiary/aromatic N) is 2. The number of benzene rings is 3. The highest BCUT2D eigenvalue weighted by atomic mass is 19.3. The van der Waals surface area contributed by atoms with Crippen molar-refractivity contribution in [3.8, 4) is 5.75 Å². The second-order valence-electron chi connectivity index (χ2n) is 5.95. The number of imidazole rings is 1. The molecule has 136 valence electrons. The third-order valence-corrected chi connectivity index (χ3v) is 4.20. The van der Waals surface area contributed by atoms with Gasteiger partial charge in [0.25, 0.3) is 0 Å². The maximum absolute atomic E-state index is 13.0. The molecule has 2 N–H and O–H groups in total. The SMILES string of the molecule is C/C(=N\Nc1nc2ccccc2[nH]1)c1ccc2ccccc2c1OC(F)F. The van der Waals surface area contributed by atoms with Gasteiger partial charge in [0, 0.05) is 10.9 Å². The molecule has 1 aromatic heterocycles. The molecular weight excluding hydrogens is 350 g/mol. The Morgan fingerprint density at radius 1 is 1.07 bits per heavy atom. The van der Waals surface area contributed by atoms with Gasteiger partial charge in [-0.1, -0.05) is 42.5 Å². The Bertz CT molecular complexity index is 1100. The molecule has 0 fully saturated rings. The fraction of sp³-hybridized carbons (Fsp3) is 0.100. The van der Waals surface area contributed by atoms with Crippen molar-refractivity contribution >= 4 is 33.5 Å². The number of H-pyrrole nitrogens is 1. The average Bonchev–Trinajstić information content (AvgIpc) is 3.09. The molecule has 0 aliphatic heterocycles. The van der Waals surface area contributed by atoms with Crippen LogP contribution in [0.2, 0.25) is 0 Å². The van der Waals surface area contributed by atoms with Crippen LogP contribution in [0.1, 0.15) is 12.5 Å². The maximum atomic E-state index is 13.0. The van der Waals surface area contributed by atoms with Gasteiger partial charge in [0.05, 0.1) is 16.7 Å². The van der Waals surface area contributed by atoms with E-state index in [0.717, 1.165) is 16.4 Å². The second kappa shape index (κ2) is 7.03. The minimum atomic E-state index is -2.93. The van der Waals surface area contributed by atoms with Gasteiger partial charge in [-0.05, 0) is 30.5 Å². The predicted octanol–water partition coefficient (Wildman–Crippen LogP) is 5.15. The molecule has 0 amide bonds. The molecule has 1 heterocycles. The Morgan fingerprint density at radius 2 is 1.85 bits per heavy atom. The summed E-state index contributed by atoms with van der Waals surface area (Å²) >= 11 is 0. The number of alkyl halides is 2. The Morgan fingerprint density at radius 3 is 2.67 bits per heavy atom. The minimum Gasteiger partial charge on any atom is -0.433 e. The summed E-state index contributed by atoms with van der Waals surface area (Å²) in [5.74, 6) is 0.573. The lowest BCUT2D eigenvalue weighted by Gasteiger charge is -2.13. The zero-order valence-electron chi connectivity index (χ0n) is 14.4. The standard InChI is InChI=1S/C20H16F2N4O/c1-12(25-26-20-23-16-8-4-5-9-17(16)24-20)14-11-10-13-6-2-3-7-15(13)18(14)27-19(21)22/h2-11,19H,1H3,(H2,23,24,26)/b25-12+. The molecule has 0 aliphatic rings. The van der Waals surface area contributed by atoms with Crippen molar-refractivity contribution in [1.82, 2.24) is 9.97 Å². The first kappa shape index (κ1) is 17.0. The van der Waals surface area contributed by atoms with Crippen LogP contribution in [0.15, 0.2) is 65.8 Å². The zero-order valence-corrected chi connectivity index (χ0v) is 14.4. The van der Waals surface area contributed by atoms with Crippen molar-refractivity contribution in [2.24, 2.45) is 5.10 Å². The Kier molecular flexibility index (Phi) is 4.42. The lowest BCUT2D eigenvalue weighted by molar-refractivity contribution is -0.0489.